The molecule has 2 unspecified atom stereocenters. The fraction of sp³-hybridized carbons (Fsp3) is 0.778. The Labute approximate surface area is 78.5 Å². The standard InChI is InChI=1S/C9H16N2O2/c1-7-5-11(9(3)13)8(2)4-10(7)6-12/h6-8H,4-5H2,1-3H3. The maximum atomic E-state index is 11.2. The highest BCUT2D eigenvalue weighted by atomic mass is 16.2. The highest BCUT2D eigenvalue weighted by molar-refractivity contribution is 5.74. The van der Waals surface area contributed by atoms with Crippen molar-refractivity contribution in [1.29, 1.82) is 0 Å². The summed E-state index contributed by atoms with van der Waals surface area (Å²) in [6.45, 7) is 6.78. The van der Waals surface area contributed by atoms with Gasteiger partial charge in [0.15, 0.2) is 0 Å². The number of amides is 2. The Kier molecular flexibility index (Phi) is 2.90. The van der Waals surface area contributed by atoms with Crippen molar-refractivity contribution in [2.75, 3.05) is 13.1 Å². The minimum atomic E-state index is 0.0879. The average Bonchev–Trinajstić information content (AvgIpc) is 2.07. The number of piperazine rings is 1. The van der Waals surface area contributed by atoms with Crippen molar-refractivity contribution >= 4 is 12.3 Å². The summed E-state index contributed by atoms with van der Waals surface area (Å²) in [5.41, 5.74) is 0. The van der Waals surface area contributed by atoms with Crippen molar-refractivity contribution in [3.8, 4) is 0 Å². The molecule has 1 saturated heterocycles. The van der Waals surface area contributed by atoms with Crippen LogP contribution in [-0.2, 0) is 9.59 Å². The number of carbonyl (C=O) groups excluding carboxylic acids is 2. The molecule has 0 spiro atoms. The zero-order valence-corrected chi connectivity index (χ0v) is 8.36. The van der Waals surface area contributed by atoms with E-state index in [4.69, 9.17) is 0 Å². The van der Waals surface area contributed by atoms with Crippen molar-refractivity contribution in [3.05, 3.63) is 0 Å². The number of rotatable bonds is 1. The molecule has 13 heavy (non-hydrogen) atoms. The molecular formula is C9H16N2O2. The van der Waals surface area contributed by atoms with Gasteiger partial charge in [-0.05, 0) is 13.8 Å². The van der Waals surface area contributed by atoms with E-state index in [2.05, 4.69) is 0 Å². The van der Waals surface area contributed by atoms with Gasteiger partial charge in [-0.2, -0.15) is 0 Å². The molecule has 0 aliphatic carbocycles. The molecule has 0 saturated carbocycles. The maximum Gasteiger partial charge on any atom is 0.219 e. The molecule has 0 bridgehead atoms. The molecule has 1 heterocycles. The van der Waals surface area contributed by atoms with E-state index in [0.29, 0.717) is 13.1 Å². The molecular weight excluding hydrogens is 168 g/mol. The highest BCUT2D eigenvalue weighted by Crippen LogP contribution is 2.13. The average molecular weight is 184 g/mol. The Bertz CT molecular complexity index is 218. The Balaban J connectivity index is 2.66. The highest BCUT2D eigenvalue weighted by Gasteiger charge is 2.29. The third-order valence-corrected chi connectivity index (χ3v) is 2.57. The van der Waals surface area contributed by atoms with Gasteiger partial charge in [0.2, 0.25) is 12.3 Å². The molecule has 1 rings (SSSR count). The van der Waals surface area contributed by atoms with Crippen LogP contribution in [0.1, 0.15) is 20.8 Å². The van der Waals surface area contributed by atoms with Gasteiger partial charge in [0.1, 0.15) is 0 Å². The van der Waals surface area contributed by atoms with E-state index in [1.807, 2.05) is 18.7 Å². The van der Waals surface area contributed by atoms with Crippen LogP contribution in [0.5, 0.6) is 0 Å². The van der Waals surface area contributed by atoms with Crippen LogP contribution in [-0.4, -0.2) is 47.3 Å². The van der Waals surface area contributed by atoms with Gasteiger partial charge in [-0.15, -0.1) is 0 Å². The lowest BCUT2D eigenvalue weighted by Gasteiger charge is -2.42. The van der Waals surface area contributed by atoms with Gasteiger partial charge in [-0.3, -0.25) is 9.59 Å². The van der Waals surface area contributed by atoms with E-state index < -0.39 is 0 Å². The first-order valence-corrected chi connectivity index (χ1v) is 4.54. The van der Waals surface area contributed by atoms with E-state index in [-0.39, 0.29) is 18.0 Å². The Morgan fingerprint density at radius 3 is 2.38 bits per heavy atom. The quantitative estimate of drug-likeness (QED) is 0.542. The normalized spacial score (nSPS) is 28.8. The van der Waals surface area contributed by atoms with Crippen LogP contribution in [0.3, 0.4) is 0 Å². The summed E-state index contributed by atoms with van der Waals surface area (Å²) < 4.78 is 0. The lowest BCUT2D eigenvalue weighted by molar-refractivity contribution is -0.138. The third-order valence-electron chi connectivity index (χ3n) is 2.57. The SMILES string of the molecule is CC(=O)N1CC(C)N(C=O)CC1C. The monoisotopic (exact) mass is 184 g/mol. The number of carbonyl (C=O) groups is 2. The van der Waals surface area contributed by atoms with Gasteiger partial charge in [-0.1, -0.05) is 0 Å². The van der Waals surface area contributed by atoms with E-state index in [1.54, 1.807) is 11.8 Å². The number of nitrogens with zero attached hydrogens (tertiary/aromatic N) is 2. The molecule has 74 valence electrons. The predicted octanol–water partition coefficient (Wildman–Crippen LogP) is 0.0839. The largest absolute Gasteiger partial charge is 0.339 e. The molecule has 4 heteroatoms. The molecule has 1 aliphatic rings. The van der Waals surface area contributed by atoms with Crippen molar-refractivity contribution in [2.24, 2.45) is 0 Å². The molecule has 0 aromatic heterocycles. The first kappa shape index (κ1) is 10.0. The van der Waals surface area contributed by atoms with Gasteiger partial charge in [0, 0.05) is 32.1 Å². The minimum absolute atomic E-state index is 0.0879. The zero-order valence-electron chi connectivity index (χ0n) is 8.36. The van der Waals surface area contributed by atoms with E-state index in [0.717, 1.165) is 6.41 Å². The van der Waals surface area contributed by atoms with Crippen LogP contribution < -0.4 is 0 Å². The summed E-state index contributed by atoms with van der Waals surface area (Å²) in [7, 11) is 0. The van der Waals surface area contributed by atoms with Gasteiger partial charge in [0.25, 0.3) is 0 Å². The maximum absolute atomic E-state index is 11.2. The van der Waals surface area contributed by atoms with Gasteiger partial charge < -0.3 is 9.80 Å². The topological polar surface area (TPSA) is 40.6 Å². The van der Waals surface area contributed by atoms with Crippen molar-refractivity contribution in [2.45, 2.75) is 32.9 Å². The Morgan fingerprint density at radius 2 is 1.92 bits per heavy atom. The summed E-state index contributed by atoms with van der Waals surface area (Å²) in [5, 5.41) is 0. The predicted molar refractivity (Wildman–Crippen MR) is 49.1 cm³/mol. The lowest BCUT2D eigenvalue weighted by Crippen LogP contribution is -2.57. The minimum Gasteiger partial charge on any atom is -0.339 e. The van der Waals surface area contributed by atoms with Gasteiger partial charge in [0.05, 0.1) is 0 Å². The molecule has 0 aromatic carbocycles. The zero-order chi connectivity index (χ0) is 10.0. The first-order valence-electron chi connectivity index (χ1n) is 4.54. The van der Waals surface area contributed by atoms with E-state index in [1.165, 1.54) is 0 Å². The molecule has 0 N–H and O–H groups in total. The molecule has 0 aromatic rings. The first-order chi connectivity index (χ1) is 6.06. The van der Waals surface area contributed by atoms with E-state index >= 15 is 0 Å². The number of hydrogen-bond acceptors (Lipinski definition) is 2. The summed E-state index contributed by atoms with van der Waals surface area (Å²) in [4.78, 5) is 25.3. The van der Waals surface area contributed by atoms with Crippen LogP contribution in [0.25, 0.3) is 0 Å². The van der Waals surface area contributed by atoms with Crippen LogP contribution >= 0.6 is 0 Å². The Hall–Kier alpha value is -1.06. The molecule has 1 fully saturated rings. The summed E-state index contributed by atoms with van der Waals surface area (Å²) in [6.07, 6.45) is 0.860. The smallest absolute Gasteiger partial charge is 0.219 e. The second kappa shape index (κ2) is 3.77. The van der Waals surface area contributed by atoms with E-state index in [9.17, 15) is 9.59 Å². The third kappa shape index (κ3) is 1.99. The van der Waals surface area contributed by atoms with Crippen molar-refractivity contribution < 1.29 is 9.59 Å². The second-order valence-electron chi connectivity index (χ2n) is 3.67. The fourth-order valence-corrected chi connectivity index (χ4v) is 1.74. The second-order valence-corrected chi connectivity index (χ2v) is 3.67. The summed E-state index contributed by atoms with van der Waals surface area (Å²) in [5.74, 6) is 0.0879. The lowest BCUT2D eigenvalue weighted by atomic mass is 10.1. The van der Waals surface area contributed by atoms with Crippen molar-refractivity contribution in [3.63, 3.8) is 0 Å². The molecule has 2 atom stereocenters. The van der Waals surface area contributed by atoms with Crippen LogP contribution in [0.4, 0.5) is 0 Å². The Morgan fingerprint density at radius 1 is 1.31 bits per heavy atom. The molecule has 2 amide bonds. The van der Waals surface area contributed by atoms with Crippen LogP contribution in [0, 0.1) is 0 Å². The van der Waals surface area contributed by atoms with Crippen LogP contribution in [0.15, 0.2) is 0 Å². The van der Waals surface area contributed by atoms with Crippen molar-refractivity contribution in [1.82, 2.24) is 9.80 Å². The van der Waals surface area contributed by atoms with Gasteiger partial charge >= 0.3 is 0 Å². The van der Waals surface area contributed by atoms with Gasteiger partial charge in [-0.25, -0.2) is 0 Å². The molecule has 0 radical (unpaired) electrons. The number of hydrogen-bond donors (Lipinski definition) is 0. The van der Waals surface area contributed by atoms with Crippen LogP contribution in [0.2, 0.25) is 0 Å². The summed E-state index contributed by atoms with van der Waals surface area (Å²) in [6, 6.07) is 0.275. The molecule has 1 aliphatic heterocycles. The summed E-state index contributed by atoms with van der Waals surface area (Å²) >= 11 is 0. The fourth-order valence-electron chi connectivity index (χ4n) is 1.74. The molecule has 4 nitrogen and oxygen atoms in total.